The predicted octanol–water partition coefficient (Wildman–Crippen LogP) is 3.19. The number of carbonyl (C=O) groups excluding carboxylic acids is 1. The van der Waals surface area contributed by atoms with Crippen LogP contribution in [0.15, 0.2) is 36.7 Å². The third-order valence-electron chi connectivity index (χ3n) is 6.43. The minimum atomic E-state index is -0.240. The van der Waals surface area contributed by atoms with Crippen LogP contribution in [0.1, 0.15) is 56.5 Å². The molecule has 2 saturated heterocycles. The second-order valence-corrected chi connectivity index (χ2v) is 8.35. The van der Waals surface area contributed by atoms with Gasteiger partial charge in [-0.1, -0.05) is 18.6 Å². The summed E-state index contributed by atoms with van der Waals surface area (Å²) in [5.74, 6) is 2.09. The average molecular weight is 383 g/mol. The van der Waals surface area contributed by atoms with Crippen molar-refractivity contribution in [1.29, 1.82) is 0 Å². The van der Waals surface area contributed by atoms with Crippen LogP contribution in [0, 0.1) is 0 Å². The van der Waals surface area contributed by atoms with E-state index in [9.17, 15) is 4.79 Å². The van der Waals surface area contributed by atoms with Crippen LogP contribution in [0.2, 0.25) is 0 Å². The van der Waals surface area contributed by atoms with E-state index in [1.807, 2.05) is 25.5 Å². The van der Waals surface area contributed by atoms with E-state index in [0.29, 0.717) is 6.42 Å². The number of hydrogen-bond acceptors (Lipinski definition) is 4. The van der Waals surface area contributed by atoms with Crippen molar-refractivity contribution < 1.29 is 9.53 Å². The number of hydrogen-bond donors (Lipinski definition) is 1. The zero-order valence-electron chi connectivity index (χ0n) is 17.0. The van der Waals surface area contributed by atoms with Gasteiger partial charge >= 0.3 is 0 Å². The highest BCUT2D eigenvalue weighted by Gasteiger charge is 2.50. The Bertz CT molecular complexity index is 849. The van der Waals surface area contributed by atoms with Gasteiger partial charge in [-0.25, -0.2) is 4.98 Å². The molecule has 2 aliphatic rings. The van der Waals surface area contributed by atoms with Gasteiger partial charge < -0.3 is 14.6 Å². The molecule has 0 spiro atoms. The highest BCUT2D eigenvalue weighted by Crippen LogP contribution is 2.46. The fraction of sp³-hybridized carbons (Fsp3) is 0.545. The van der Waals surface area contributed by atoms with Crippen molar-refractivity contribution >= 4 is 5.91 Å². The number of methoxy groups -OCH3 is 1. The molecule has 0 radical (unpaired) electrons. The molecule has 4 rings (SSSR count). The SMILES string of the molecule is COc1cccc([C@@H]2C[C@]3(C)NC(=O)CCCC[C@@H]3N2Cc2nccn2C)c1. The van der Waals surface area contributed by atoms with Gasteiger partial charge in [-0.3, -0.25) is 9.69 Å². The molecular formula is C22H30N4O2. The number of likely N-dealkylation sites (tertiary alicyclic amines) is 1. The molecule has 6 nitrogen and oxygen atoms in total. The van der Waals surface area contributed by atoms with Crippen LogP contribution >= 0.6 is 0 Å². The summed E-state index contributed by atoms with van der Waals surface area (Å²) in [7, 11) is 3.74. The van der Waals surface area contributed by atoms with E-state index in [1.165, 1.54) is 5.56 Å². The molecule has 0 bridgehead atoms. The van der Waals surface area contributed by atoms with Gasteiger partial charge in [-0.2, -0.15) is 0 Å². The van der Waals surface area contributed by atoms with Crippen LogP contribution in [-0.2, 0) is 18.4 Å². The summed E-state index contributed by atoms with van der Waals surface area (Å²) in [6.07, 6.45) is 8.48. The van der Waals surface area contributed by atoms with Gasteiger partial charge in [0, 0.05) is 37.9 Å². The molecule has 6 heteroatoms. The molecule has 1 N–H and O–H groups in total. The Balaban J connectivity index is 1.73. The minimum Gasteiger partial charge on any atom is -0.497 e. The zero-order valence-corrected chi connectivity index (χ0v) is 17.0. The first-order valence-corrected chi connectivity index (χ1v) is 10.2. The van der Waals surface area contributed by atoms with Crippen molar-refractivity contribution in [2.45, 2.75) is 63.2 Å². The van der Waals surface area contributed by atoms with Crippen molar-refractivity contribution in [2.24, 2.45) is 7.05 Å². The van der Waals surface area contributed by atoms with E-state index < -0.39 is 0 Å². The van der Waals surface area contributed by atoms with Crippen LogP contribution in [-0.4, -0.2) is 39.0 Å². The monoisotopic (exact) mass is 382 g/mol. The van der Waals surface area contributed by atoms with Crippen molar-refractivity contribution in [1.82, 2.24) is 19.8 Å². The molecular weight excluding hydrogens is 352 g/mol. The molecule has 0 aliphatic carbocycles. The summed E-state index contributed by atoms with van der Waals surface area (Å²) < 4.78 is 7.55. The molecule has 3 atom stereocenters. The molecule has 2 fully saturated rings. The lowest BCUT2D eigenvalue weighted by Crippen LogP contribution is -2.55. The molecule has 1 aromatic carbocycles. The lowest BCUT2D eigenvalue weighted by molar-refractivity contribution is -0.123. The highest BCUT2D eigenvalue weighted by molar-refractivity contribution is 5.77. The number of nitrogens with zero attached hydrogens (tertiary/aromatic N) is 3. The fourth-order valence-corrected chi connectivity index (χ4v) is 4.95. The van der Waals surface area contributed by atoms with E-state index in [1.54, 1.807) is 7.11 Å². The van der Waals surface area contributed by atoms with Crippen molar-refractivity contribution in [2.75, 3.05) is 7.11 Å². The highest BCUT2D eigenvalue weighted by atomic mass is 16.5. The number of imidazole rings is 1. The zero-order chi connectivity index (χ0) is 19.7. The van der Waals surface area contributed by atoms with Gasteiger partial charge in [0.1, 0.15) is 11.6 Å². The third kappa shape index (κ3) is 3.53. The Morgan fingerprint density at radius 1 is 1.36 bits per heavy atom. The van der Waals surface area contributed by atoms with Crippen molar-refractivity contribution in [3.63, 3.8) is 0 Å². The second-order valence-electron chi connectivity index (χ2n) is 8.35. The number of ether oxygens (including phenoxy) is 1. The Kier molecular flexibility index (Phi) is 5.15. The normalized spacial score (nSPS) is 28.3. The first kappa shape index (κ1) is 19.0. The lowest BCUT2D eigenvalue weighted by Gasteiger charge is -2.38. The van der Waals surface area contributed by atoms with Gasteiger partial charge in [0.15, 0.2) is 0 Å². The molecule has 0 saturated carbocycles. The molecule has 1 aromatic heterocycles. The fourth-order valence-electron chi connectivity index (χ4n) is 4.95. The molecule has 0 unspecified atom stereocenters. The summed E-state index contributed by atoms with van der Waals surface area (Å²) in [4.78, 5) is 19.6. The maximum Gasteiger partial charge on any atom is 0.220 e. The first-order valence-electron chi connectivity index (χ1n) is 10.2. The molecule has 150 valence electrons. The number of rotatable bonds is 4. The Hall–Kier alpha value is -2.34. The van der Waals surface area contributed by atoms with Crippen molar-refractivity contribution in [3.8, 4) is 5.75 Å². The van der Waals surface area contributed by atoms with Crippen LogP contribution < -0.4 is 10.1 Å². The van der Waals surface area contributed by atoms with Crippen LogP contribution in [0.5, 0.6) is 5.75 Å². The first-order chi connectivity index (χ1) is 13.5. The summed E-state index contributed by atoms with van der Waals surface area (Å²) >= 11 is 0. The molecule has 28 heavy (non-hydrogen) atoms. The molecule has 2 aliphatic heterocycles. The summed E-state index contributed by atoms with van der Waals surface area (Å²) in [5.41, 5.74) is 0.993. The number of carbonyl (C=O) groups is 1. The minimum absolute atomic E-state index is 0.176. The van der Waals surface area contributed by atoms with Gasteiger partial charge in [0.25, 0.3) is 0 Å². The number of aromatic nitrogens is 2. The third-order valence-corrected chi connectivity index (χ3v) is 6.43. The Labute approximate surface area is 166 Å². The second kappa shape index (κ2) is 7.59. The van der Waals surface area contributed by atoms with E-state index in [0.717, 1.165) is 43.8 Å². The lowest BCUT2D eigenvalue weighted by atomic mass is 9.85. The number of benzene rings is 1. The van der Waals surface area contributed by atoms with Crippen LogP contribution in [0.25, 0.3) is 0 Å². The van der Waals surface area contributed by atoms with E-state index in [-0.39, 0.29) is 23.5 Å². The largest absolute Gasteiger partial charge is 0.497 e. The Morgan fingerprint density at radius 3 is 2.96 bits per heavy atom. The van der Waals surface area contributed by atoms with Gasteiger partial charge in [-0.05, 0) is 43.9 Å². The number of aryl methyl sites for hydroxylation is 1. The predicted molar refractivity (Wildman–Crippen MR) is 108 cm³/mol. The quantitative estimate of drug-likeness (QED) is 0.882. The van der Waals surface area contributed by atoms with Crippen LogP contribution in [0.3, 0.4) is 0 Å². The number of amides is 1. The van der Waals surface area contributed by atoms with Gasteiger partial charge in [0.05, 0.1) is 19.2 Å². The van der Waals surface area contributed by atoms with Crippen LogP contribution in [0.4, 0.5) is 0 Å². The Morgan fingerprint density at radius 2 is 2.21 bits per heavy atom. The average Bonchev–Trinajstić information content (AvgIpc) is 3.19. The van der Waals surface area contributed by atoms with Gasteiger partial charge in [-0.15, -0.1) is 0 Å². The number of nitrogens with one attached hydrogen (secondary N) is 1. The standard InChI is InChI=1S/C22H30N4O2/c1-22-14-18(16-7-6-8-17(13-16)28-3)26(15-20-23-11-12-25(20)2)19(22)9-4-5-10-21(27)24-22/h6-8,11-13,18-19H,4-5,9-10,14-15H2,1-3H3,(H,24,27)/t18-,19-,22-/m0/s1. The van der Waals surface area contributed by atoms with E-state index in [2.05, 4.69) is 44.9 Å². The summed E-state index contributed by atoms with van der Waals surface area (Å²) in [6.45, 7) is 2.98. The maximum absolute atomic E-state index is 12.4. The maximum atomic E-state index is 12.4. The van der Waals surface area contributed by atoms with E-state index >= 15 is 0 Å². The van der Waals surface area contributed by atoms with Gasteiger partial charge in [0.2, 0.25) is 5.91 Å². The smallest absolute Gasteiger partial charge is 0.220 e. The molecule has 2 aromatic rings. The summed E-state index contributed by atoms with van der Waals surface area (Å²) in [5, 5.41) is 3.37. The number of fused-ring (bicyclic) bond motifs is 1. The van der Waals surface area contributed by atoms with Crippen molar-refractivity contribution in [3.05, 3.63) is 48.0 Å². The van der Waals surface area contributed by atoms with E-state index in [4.69, 9.17) is 4.74 Å². The summed E-state index contributed by atoms with van der Waals surface area (Å²) in [6, 6.07) is 8.82. The molecule has 1 amide bonds. The topological polar surface area (TPSA) is 59.4 Å². The molecule has 3 heterocycles.